The van der Waals surface area contributed by atoms with Gasteiger partial charge in [-0.25, -0.2) is 9.97 Å². The summed E-state index contributed by atoms with van der Waals surface area (Å²) in [5.41, 5.74) is 6.67. The fraction of sp³-hybridized carbons (Fsp3) is 0.556. The summed E-state index contributed by atoms with van der Waals surface area (Å²) in [6.45, 7) is 4.45. The lowest BCUT2D eigenvalue weighted by atomic mass is 10.1. The number of hydrogen-bond donors (Lipinski definition) is 1. The maximum atomic E-state index is 5.63. The van der Waals surface area contributed by atoms with Crippen molar-refractivity contribution in [3.05, 3.63) is 18.0 Å². The molecule has 72 valence electrons. The maximum Gasteiger partial charge on any atom is 0.316 e. The Bertz CT molecular complexity index is 246. The third-order valence-corrected chi connectivity index (χ3v) is 1.51. The van der Waals surface area contributed by atoms with Gasteiger partial charge in [-0.2, -0.15) is 0 Å². The first kappa shape index (κ1) is 9.92. The van der Waals surface area contributed by atoms with E-state index in [1.165, 1.54) is 0 Å². The van der Waals surface area contributed by atoms with Crippen LogP contribution in [0.25, 0.3) is 0 Å². The van der Waals surface area contributed by atoms with E-state index in [-0.39, 0.29) is 6.04 Å². The van der Waals surface area contributed by atoms with Crippen LogP contribution in [0, 0.1) is 0 Å². The van der Waals surface area contributed by atoms with Crippen molar-refractivity contribution in [2.75, 3.05) is 6.61 Å². The molecule has 0 amide bonds. The lowest BCUT2D eigenvalue weighted by Gasteiger charge is -2.04. The molecule has 0 radical (unpaired) electrons. The average molecular weight is 181 g/mol. The lowest BCUT2D eigenvalue weighted by Crippen LogP contribution is -2.18. The summed E-state index contributed by atoms with van der Waals surface area (Å²) in [7, 11) is 0. The first-order valence-corrected chi connectivity index (χ1v) is 4.41. The van der Waals surface area contributed by atoms with E-state index in [1.54, 1.807) is 12.4 Å². The van der Waals surface area contributed by atoms with E-state index in [1.807, 2.05) is 13.8 Å². The Labute approximate surface area is 78.1 Å². The number of nitrogens with zero attached hydrogens (tertiary/aromatic N) is 2. The highest BCUT2D eigenvalue weighted by atomic mass is 16.5. The molecule has 13 heavy (non-hydrogen) atoms. The number of ether oxygens (including phenoxy) is 1. The van der Waals surface area contributed by atoms with Crippen LogP contribution in [0.4, 0.5) is 0 Å². The minimum Gasteiger partial charge on any atom is -0.464 e. The van der Waals surface area contributed by atoms with Crippen molar-refractivity contribution < 1.29 is 4.74 Å². The summed E-state index contributed by atoms with van der Waals surface area (Å²) < 4.78 is 5.11. The zero-order valence-electron chi connectivity index (χ0n) is 8.03. The molecule has 0 bridgehead atoms. The predicted octanol–water partition coefficient (Wildman–Crippen LogP) is 0.765. The van der Waals surface area contributed by atoms with Crippen molar-refractivity contribution >= 4 is 0 Å². The molecule has 0 spiro atoms. The highest BCUT2D eigenvalue weighted by Gasteiger charge is 2.00. The molecule has 0 aliphatic rings. The van der Waals surface area contributed by atoms with Gasteiger partial charge in [0.1, 0.15) is 0 Å². The minimum absolute atomic E-state index is 0.140. The summed E-state index contributed by atoms with van der Waals surface area (Å²) in [4.78, 5) is 8.07. The van der Waals surface area contributed by atoms with Gasteiger partial charge < -0.3 is 10.5 Å². The third kappa shape index (κ3) is 3.38. The molecule has 1 rings (SSSR count). The van der Waals surface area contributed by atoms with Crippen LogP contribution >= 0.6 is 0 Å². The fourth-order valence-electron chi connectivity index (χ4n) is 1.02. The molecule has 1 aromatic rings. The van der Waals surface area contributed by atoms with Gasteiger partial charge in [0.25, 0.3) is 0 Å². The zero-order chi connectivity index (χ0) is 9.68. The zero-order valence-corrected chi connectivity index (χ0v) is 8.03. The Kier molecular flexibility index (Phi) is 3.64. The topological polar surface area (TPSA) is 61.0 Å². The van der Waals surface area contributed by atoms with Crippen molar-refractivity contribution in [3.8, 4) is 6.01 Å². The van der Waals surface area contributed by atoms with E-state index in [0.717, 1.165) is 12.0 Å². The highest BCUT2D eigenvalue weighted by molar-refractivity contribution is 5.08. The first-order chi connectivity index (χ1) is 6.22. The van der Waals surface area contributed by atoms with Crippen LogP contribution in [0.3, 0.4) is 0 Å². The van der Waals surface area contributed by atoms with Crippen molar-refractivity contribution in [2.45, 2.75) is 26.3 Å². The summed E-state index contributed by atoms with van der Waals surface area (Å²) >= 11 is 0. The Balaban J connectivity index is 2.59. The predicted molar refractivity (Wildman–Crippen MR) is 50.6 cm³/mol. The van der Waals surface area contributed by atoms with Gasteiger partial charge in [0.05, 0.1) is 6.61 Å². The number of aromatic nitrogens is 2. The van der Waals surface area contributed by atoms with E-state index in [9.17, 15) is 0 Å². The second-order valence-electron chi connectivity index (χ2n) is 2.99. The summed E-state index contributed by atoms with van der Waals surface area (Å²) in [5, 5.41) is 0. The quantitative estimate of drug-likeness (QED) is 0.745. The largest absolute Gasteiger partial charge is 0.464 e. The van der Waals surface area contributed by atoms with E-state index < -0.39 is 0 Å². The minimum atomic E-state index is 0.140. The van der Waals surface area contributed by atoms with Crippen molar-refractivity contribution in [1.82, 2.24) is 9.97 Å². The molecule has 0 aromatic carbocycles. The lowest BCUT2D eigenvalue weighted by molar-refractivity contribution is 0.312. The van der Waals surface area contributed by atoms with E-state index in [0.29, 0.717) is 12.6 Å². The number of hydrogen-bond acceptors (Lipinski definition) is 4. The van der Waals surface area contributed by atoms with Gasteiger partial charge >= 0.3 is 6.01 Å². The molecule has 2 N–H and O–H groups in total. The highest BCUT2D eigenvalue weighted by Crippen LogP contribution is 2.03. The van der Waals surface area contributed by atoms with Gasteiger partial charge in [0.2, 0.25) is 0 Å². The Morgan fingerprint density at radius 1 is 1.46 bits per heavy atom. The van der Waals surface area contributed by atoms with E-state index >= 15 is 0 Å². The summed E-state index contributed by atoms with van der Waals surface area (Å²) in [6.07, 6.45) is 4.30. The molecule has 0 aliphatic heterocycles. The van der Waals surface area contributed by atoms with Gasteiger partial charge in [-0.3, -0.25) is 0 Å². The standard InChI is InChI=1S/C9H15N3O/c1-3-13-9-11-5-8(6-12-9)4-7(2)10/h5-7H,3-4,10H2,1-2H3. The van der Waals surface area contributed by atoms with Gasteiger partial charge in [-0.15, -0.1) is 0 Å². The summed E-state index contributed by atoms with van der Waals surface area (Å²) in [5.74, 6) is 0. The van der Waals surface area contributed by atoms with Crippen molar-refractivity contribution in [2.24, 2.45) is 5.73 Å². The smallest absolute Gasteiger partial charge is 0.316 e. The molecule has 1 aromatic heterocycles. The van der Waals surface area contributed by atoms with Crippen molar-refractivity contribution in [1.29, 1.82) is 0 Å². The first-order valence-electron chi connectivity index (χ1n) is 4.41. The second-order valence-corrected chi connectivity index (χ2v) is 2.99. The SMILES string of the molecule is CCOc1ncc(CC(C)N)cn1. The molecule has 0 saturated heterocycles. The Morgan fingerprint density at radius 2 is 2.08 bits per heavy atom. The Morgan fingerprint density at radius 3 is 2.54 bits per heavy atom. The van der Waals surface area contributed by atoms with E-state index in [4.69, 9.17) is 10.5 Å². The van der Waals surface area contributed by atoms with Crippen LogP contribution in [0.2, 0.25) is 0 Å². The molecule has 1 heterocycles. The van der Waals surface area contributed by atoms with Crippen LogP contribution in [0.1, 0.15) is 19.4 Å². The second kappa shape index (κ2) is 4.77. The summed E-state index contributed by atoms with van der Waals surface area (Å²) in [6, 6.07) is 0.567. The molecule has 0 saturated carbocycles. The normalized spacial score (nSPS) is 12.5. The van der Waals surface area contributed by atoms with Crippen LogP contribution in [-0.2, 0) is 6.42 Å². The molecular formula is C9H15N3O. The molecular weight excluding hydrogens is 166 g/mol. The number of rotatable bonds is 4. The molecule has 4 nitrogen and oxygen atoms in total. The van der Waals surface area contributed by atoms with E-state index in [2.05, 4.69) is 9.97 Å². The Hall–Kier alpha value is -1.16. The maximum absolute atomic E-state index is 5.63. The molecule has 1 unspecified atom stereocenters. The van der Waals surface area contributed by atoms with Crippen LogP contribution in [0.5, 0.6) is 6.01 Å². The third-order valence-electron chi connectivity index (χ3n) is 1.51. The number of nitrogens with two attached hydrogens (primary N) is 1. The average Bonchev–Trinajstić information content (AvgIpc) is 2.08. The van der Waals surface area contributed by atoms with Gasteiger partial charge in [0.15, 0.2) is 0 Å². The van der Waals surface area contributed by atoms with Crippen molar-refractivity contribution in [3.63, 3.8) is 0 Å². The fourth-order valence-corrected chi connectivity index (χ4v) is 1.02. The van der Waals surface area contributed by atoms with Crippen LogP contribution < -0.4 is 10.5 Å². The van der Waals surface area contributed by atoms with Gasteiger partial charge in [0, 0.05) is 18.4 Å². The van der Waals surface area contributed by atoms with Gasteiger partial charge in [-0.1, -0.05) is 0 Å². The molecule has 4 heteroatoms. The van der Waals surface area contributed by atoms with Crippen LogP contribution in [-0.4, -0.2) is 22.6 Å². The molecule has 0 aliphatic carbocycles. The van der Waals surface area contributed by atoms with Crippen LogP contribution in [0.15, 0.2) is 12.4 Å². The van der Waals surface area contributed by atoms with Gasteiger partial charge in [-0.05, 0) is 25.8 Å². The molecule has 0 fully saturated rings. The monoisotopic (exact) mass is 181 g/mol. The molecule has 1 atom stereocenters.